The van der Waals surface area contributed by atoms with Crippen LogP contribution in [0.1, 0.15) is 49.1 Å². The van der Waals surface area contributed by atoms with E-state index in [1.807, 2.05) is 23.1 Å². The average molecular weight is 601 g/mol. The van der Waals surface area contributed by atoms with E-state index in [2.05, 4.69) is 15.2 Å². The Hall–Kier alpha value is -3.73. The predicted octanol–water partition coefficient (Wildman–Crippen LogP) is 5.27. The van der Waals surface area contributed by atoms with Crippen molar-refractivity contribution in [3.63, 3.8) is 0 Å². The second-order valence-corrected chi connectivity index (χ2v) is 11.4. The van der Waals surface area contributed by atoms with Gasteiger partial charge in [0.05, 0.1) is 32.9 Å². The van der Waals surface area contributed by atoms with Crippen LogP contribution in [0.2, 0.25) is 0 Å². The predicted molar refractivity (Wildman–Crippen MR) is 158 cm³/mol. The zero-order chi connectivity index (χ0) is 30.6. The molecule has 232 valence electrons. The molecule has 0 radical (unpaired) electrons. The molecule has 3 heterocycles. The van der Waals surface area contributed by atoms with Gasteiger partial charge in [-0.1, -0.05) is 6.07 Å². The molecule has 43 heavy (non-hydrogen) atoms. The zero-order valence-corrected chi connectivity index (χ0v) is 24.7. The van der Waals surface area contributed by atoms with Gasteiger partial charge in [-0.05, 0) is 86.1 Å². The SMILES string of the molecule is COc1ccc(-c2[nH]c3ccc(C4CCN(CC(=O)NCCCN5CCCC5=O)CC4)cc3c2CC(F)(F)F)cc1OC. The van der Waals surface area contributed by atoms with Crippen molar-refractivity contribution < 1.29 is 32.2 Å². The van der Waals surface area contributed by atoms with Gasteiger partial charge in [-0.15, -0.1) is 0 Å². The molecule has 2 N–H and O–H groups in total. The van der Waals surface area contributed by atoms with Gasteiger partial charge in [-0.3, -0.25) is 14.5 Å². The Bertz CT molecular complexity index is 1450. The minimum absolute atomic E-state index is 0.0283. The number of halogens is 3. The molecule has 0 atom stereocenters. The van der Waals surface area contributed by atoms with E-state index in [0.717, 1.165) is 50.9 Å². The van der Waals surface area contributed by atoms with Gasteiger partial charge in [0.25, 0.3) is 0 Å². The molecule has 2 aliphatic heterocycles. The van der Waals surface area contributed by atoms with Gasteiger partial charge in [0.15, 0.2) is 11.5 Å². The summed E-state index contributed by atoms with van der Waals surface area (Å²) in [7, 11) is 3.01. The lowest BCUT2D eigenvalue weighted by Gasteiger charge is -2.31. The van der Waals surface area contributed by atoms with E-state index in [1.54, 1.807) is 18.2 Å². The third-order valence-electron chi connectivity index (χ3n) is 8.50. The second-order valence-electron chi connectivity index (χ2n) is 11.4. The van der Waals surface area contributed by atoms with E-state index in [1.165, 1.54) is 14.2 Å². The van der Waals surface area contributed by atoms with Gasteiger partial charge >= 0.3 is 6.18 Å². The molecule has 0 saturated carbocycles. The first-order valence-electron chi connectivity index (χ1n) is 14.9. The number of H-pyrrole nitrogens is 1. The number of fused-ring (bicyclic) bond motifs is 1. The third-order valence-corrected chi connectivity index (χ3v) is 8.50. The summed E-state index contributed by atoms with van der Waals surface area (Å²) < 4.78 is 52.0. The van der Waals surface area contributed by atoms with Gasteiger partial charge in [0.1, 0.15) is 0 Å². The van der Waals surface area contributed by atoms with Crippen molar-refractivity contribution in [2.45, 2.75) is 50.6 Å². The lowest BCUT2D eigenvalue weighted by atomic mass is 9.88. The van der Waals surface area contributed by atoms with Gasteiger partial charge in [-0.25, -0.2) is 0 Å². The summed E-state index contributed by atoms with van der Waals surface area (Å²) in [5.41, 5.74) is 2.87. The van der Waals surface area contributed by atoms with Crippen LogP contribution in [0.3, 0.4) is 0 Å². The number of aromatic amines is 1. The van der Waals surface area contributed by atoms with Crippen LogP contribution >= 0.6 is 0 Å². The first-order valence-corrected chi connectivity index (χ1v) is 14.9. The minimum atomic E-state index is -4.38. The highest BCUT2D eigenvalue weighted by Gasteiger charge is 2.32. The first kappa shape index (κ1) is 30.7. The minimum Gasteiger partial charge on any atom is -0.493 e. The van der Waals surface area contributed by atoms with Crippen LogP contribution in [0.25, 0.3) is 22.2 Å². The lowest BCUT2D eigenvalue weighted by molar-refractivity contribution is -0.128. The number of benzene rings is 2. The van der Waals surface area contributed by atoms with E-state index < -0.39 is 12.6 Å². The summed E-state index contributed by atoms with van der Waals surface area (Å²) in [4.78, 5) is 31.4. The fourth-order valence-electron chi connectivity index (χ4n) is 6.26. The molecule has 3 aromatic rings. The number of likely N-dealkylation sites (tertiary alicyclic amines) is 2. The molecule has 2 saturated heterocycles. The molecule has 11 heteroatoms. The van der Waals surface area contributed by atoms with E-state index in [-0.39, 0.29) is 23.3 Å². The Labute approximate surface area is 249 Å². The zero-order valence-electron chi connectivity index (χ0n) is 24.7. The molecule has 0 bridgehead atoms. The molecule has 0 spiro atoms. The molecule has 2 fully saturated rings. The highest BCUT2D eigenvalue weighted by Crippen LogP contribution is 2.40. The van der Waals surface area contributed by atoms with Gasteiger partial charge < -0.3 is 24.7 Å². The van der Waals surface area contributed by atoms with Gasteiger partial charge in [-0.2, -0.15) is 13.2 Å². The van der Waals surface area contributed by atoms with E-state index in [9.17, 15) is 22.8 Å². The van der Waals surface area contributed by atoms with Crippen molar-refractivity contribution >= 4 is 22.7 Å². The number of ether oxygens (including phenoxy) is 2. The molecule has 2 amide bonds. The van der Waals surface area contributed by atoms with Crippen molar-refractivity contribution in [3.8, 4) is 22.8 Å². The van der Waals surface area contributed by atoms with E-state index >= 15 is 0 Å². The summed E-state index contributed by atoms with van der Waals surface area (Å²) >= 11 is 0. The van der Waals surface area contributed by atoms with Crippen LogP contribution in [-0.4, -0.2) is 86.3 Å². The summed E-state index contributed by atoms with van der Waals surface area (Å²) in [6, 6.07) is 10.9. The molecular formula is C32H39F3N4O4. The van der Waals surface area contributed by atoms with E-state index in [4.69, 9.17) is 9.47 Å². The lowest BCUT2D eigenvalue weighted by Crippen LogP contribution is -2.41. The number of amides is 2. The van der Waals surface area contributed by atoms with Gasteiger partial charge in [0, 0.05) is 42.5 Å². The molecule has 0 unspecified atom stereocenters. The standard InChI is InChI=1S/C32H39F3N4O4/c1-42-27-9-7-23(18-28(27)43-2)31-25(19-32(33,34)35)24-17-22(6-8-26(24)37-31)21-10-15-38(16-11-21)20-29(40)36-12-4-14-39-13-3-5-30(39)41/h6-9,17-18,21,37H,3-5,10-16,19-20H2,1-2H3,(H,36,40). The average Bonchev–Trinajstić information content (AvgIpc) is 3.56. The number of piperidine rings is 1. The number of hydrogen-bond donors (Lipinski definition) is 2. The maximum atomic E-state index is 13.8. The number of carbonyl (C=O) groups excluding carboxylic acids is 2. The number of nitrogens with one attached hydrogen (secondary N) is 2. The number of rotatable bonds is 11. The number of nitrogens with zero attached hydrogens (tertiary/aromatic N) is 2. The highest BCUT2D eigenvalue weighted by atomic mass is 19.4. The van der Waals surface area contributed by atoms with Crippen LogP contribution < -0.4 is 14.8 Å². The van der Waals surface area contributed by atoms with Crippen molar-refractivity contribution in [2.75, 3.05) is 53.5 Å². The van der Waals surface area contributed by atoms with Crippen LogP contribution in [0.5, 0.6) is 11.5 Å². The van der Waals surface area contributed by atoms with E-state index in [0.29, 0.717) is 59.7 Å². The van der Waals surface area contributed by atoms with Crippen molar-refractivity contribution in [1.82, 2.24) is 20.1 Å². The van der Waals surface area contributed by atoms with Gasteiger partial charge in [0.2, 0.25) is 11.8 Å². The molecule has 5 rings (SSSR count). The Morgan fingerprint density at radius 2 is 1.81 bits per heavy atom. The number of methoxy groups -OCH3 is 2. The Kier molecular flexibility index (Phi) is 9.49. The molecule has 0 aliphatic carbocycles. The molecular weight excluding hydrogens is 561 g/mol. The number of carbonyl (C=O) groups is 2. The summed E-state index contributed by atoms with van der Waals surface area (Å²) in [5, 5.41) is 3.52. The Balaban J connectivity index is 1.23. The quantitative estimate of drug-likeness (QED) is 0.293. The Morgan fingerprint density at radius 1 is 1.05 bits per heavy atom. The highest BCUT2D eigenvalue weighted by molar-refractivity contribution is 5.92. The monoisotopic (exact) mass is 600 g/mol. The van der Waals surface area contributed by atoms with Crippen molar-refractivity contribution in [1.29, 1.82) is 0 Å². The summed E-state index contributed by atoms with van der Waals surface area (Å²) in [6.45, 7) is 3.81. The van der Waals surface area contributed by atoms with Crippen LogP contribution in [0, 0.1) is 0 Å². The van der Waals surface area contributed by atoms with Crippen molar-refractivity contribution in [3.05, 3.63) is 47.5 Å². The number of hydrogen-bond acceptors (Lipinski definition) is 5. The topological polar surface area (TPSA) is 86.9 Å². The van der Waals surface area contributed by atoms with Crippen molar-refractivity contribution in [2.24, 2.45) is 0 Å². The molecule has 2 aliphatic rings. The first-order chi connectivity index (χ1) is 20.6. The number of alkyl halides is 3. The third kappa shape index (κ3) is 7.44. The molecule has 2 aromatic carbocycles. The molecule has 8 nitrogen and oxygen atoms in total. The maximum Gasteiger partial charge on any atom is 0.393 e. The number of aromatic nitrogens is 1. The fraction of sp³-hybridized carbons (Fsp3) is 0.500. The van der Waals surface area contributed by atoms with Crippen LogP contribution in [-0.2, 0) is 16.0 Å². The van der Waals surface area contributed by atoms with Crippen LogP contribution in [0.15, 0.2) is 36.4 Å². The Morgan fingerprint density at radius 3 is 2.49 bits per heavy atom. The largest absolute Gasteiger partial charge is 0.493 e. The summed E-state index contributed by atoms with van der Waals surface area (Å²) in [5.74, 6) is 1.30. The normalized spacial score (nSPS) is 16.7. The van der Waals surface area contributed by atoms with Crippen LogP contribution in [0.4, 0.5) is 13.2 Å². The fourth-order valence-corrected chi connectivity index (χ4v) is 6.26. The maximum absolute atomic E-state index is 13.8. The smallest absolute Gasteiger partial charge is 0.393 e. The molecule has 1 aromatic heterocycles. The summed E-state index contributed by atoms with van der Waals surface area (Å²) in [6.07, 6.45) is -1.53. The second kappa shape index (κ2) is 13.3.